The Morgan fingerprint density at radius 2 is 1.83 bits per heavy atom. The molecule has 7 heteroatoms. The number of nitrogens with one attached hydrogen (secondary N) is 1. The number of rotatable bonds is 6. The summed E-state index contributed by atoms with van der Waals surface area (Å²) in [5, 5.41) is 13.1. The fraction of sp³-hybridized carbons (Fsp3) is 0.0870. The van der Waals surface area contributed by atoms with Gasteiger partial charge in [-0.15, -0.1) is 0 Å². The second kappa shape index (κ2) is 8.48. The summed E-state index contributed by atoms with van der Waals surface area (Å²) >= 11 is 0. The first-order valence-electron chi connectivity index (χ1n) is 9.25. The van der Waals surface area contributed by atoms with Crippen LogP contribution in [0.4, 0.5) is 0 Å². The third-order valence-corrected chi connectivity index (χ3v) is 4.45. The number of phenols is 1. The topological polar surface area (TPSA) is 102 Å². The molecule has 0 fully saturated rings. The second-order valence-corrected chi connectivity index (χ2v) is 6.58. The van der Waals surface area contributed by atoms with Crippen molar-refractivity contribution in [2.24, 2.45) is 0 Å². The number of hydrogen-bond acceptors (Lipinski definition) is 6. The molecule has 0 aliphatic rings. The van der Waals surface area contributed by atoms with E-state index >= 15 is 0 Å². The van der Waals surface area contributed by atoms with Gasteiger partial charge in [0.1, 0.15) is 28.2 Å². The first-order chi connectivity index (χ1) is 14.6. The fourth-order valence-corrected chi connectivity index (χ4v) is 2.97. The van der Waals surface area contributed by atoms with Gasteiger partial charge < -0.3 is 19.6 Å². The highest BCUT2D eigenvalue weighted by molar-refractivity contribution is 5.86. The van der Waals surface area contributed by atoms with Crippen LogP contribution in [0.1, 0.15) is 5.56 Å². The predicted octanol–water partition coefficient (Wildman–Crippen LogP) is 3.26. The van der Waals surface area contributed by atoms with Gasteiger partial charge in [0.15, 0.2) is 12.0 Å². The highest BCUT2D eigenvalue weighted by atomic mass is 16.5. The van der Waals surface area contributed by atoms with Crippen molar-refractivity contribution >= 4 is 16.9 Å². The van der Waals surface area contributed by atoms with Crippen molar-refractivity contribution in [3.05, 3.63) is 88.8 Å². The van der Waals surface area contributed by atoms with Crippen LogP contribution in [0.3, 0.4) is 0 Å². The molecular formula is C23H18N2O5. The smallest absolute Gasteiger partial charge is 0.258 e. The van der Waals surface area contributed by atoms with E-state index in [1.54, 1.807) is 24.5 Å². The zero-order valence-corrected chi connectivity index (χ0v) is 15.9. The van der Waals surface area contributed by atoms with Gasteiger partial charge in [0.2, 0.25) is 0 Å². The van der Waals surface area contributed by atoms with Gasteiger partial charge in [-0.25, -0.2) is 0 Å². The number of hydrogen-bond donors (Lipinski definition) is 2. The van der Waals surface area contributed by atoms with E-state index in [0.29, 0.717) is 12.3 Å². The van der Waals surface area contributed by atoms with Crippen molar-refractivity contribution in [2.75, 3.05) is 6.61 Å². The van der Waals surface area contributed by atoms with Gasteiger partial charge in [0.05, 0.1) is 0 Å². The lowest BCUT2D eigenvalue weighted by Crippen LogP contribution is -2.28. The van der Waals surface area contributed by atoms with E-state index in [9.17, 15) is 14.7 Å². The monoisotopic (exact) mass is 402 g/mol. The van der Waals surface area contributed by atoms with E-state index < -0.39 is 0 Å². The quantitative estimate of drug-likeness (QED) is 0.513. The maximum Gasteiger partial charge on any atom is 0.258 e. The lowest BCUT2D eigenvalue weighted by molar-refractivity contribution is -0.123. The van der Waals surface area contributed by atoms with E-state index in [1.165, 1.54) is 18.2 Å². The molecule has 2 aromatic carbocycles. The number of aromatic hydroxyl groups is 1. The van der Waals surface area contributed by atoms with Gasteiger partial charge in [-0.1, -0.05) is 30.3 Å². The molecular weight excluding hydrogens is 384 g/mol. The zero-order valence-electron chi connectivity index (χ0n) is 15.9. The summed E-state index contributed by atoms with van der Waals surface area (Å²) in [4.78, 5) is 28.4. The van der Waals surface area contributed by atoms with E-state index in [1.807, 2.05) is 30.3 Å². The minimum absolute atomic E-state index is 0.0594. The van der Waals surface area contributed by atoms with Crippen LogP contribution in [-0.4, -0.2) is 22.6 Å². The summed E-state index contributed by atoms with van der Waals surface area (Å²) in [5.74, 6) is -0.00823. The predicted molar refractivity (Wildman–Crippen MR) is 111 cm³/mol. The lowest BCUT2D eigenvalue weighted by Gasteiger charge is -2.10. The molecule has 0 aliphatic carbocycles. The van der Waals surface area contributed by atoms with E-state index in [-0.39, 0.29) is 40.4 Å². The summed E-state index contributed by atoms with van der Waals surface area (Å²) in [6.45, 7) is 0.0988. The van der Waals surface area contributed by atoms with Crippen molar-refractivity contribution in [3.8, 4) is 22.8 Å². The van der Waals surface area contributed by atoms with Crippen LogP contribution < -0.4 is 15.5 Å². The number of amides is 1. The van der Waals surface area contributed by atoms with Crippen LogP contribution in [-0.2, 0) is 11.3 Å². The van der Waals surface area contributed by atoms with Gasteiger partial charge >= 0.3 is 0 Å². The highest BCUT2D eigenvalue weighted by Gasteiger charge is 2.13. The molecule has 0 unspecified atom stereocenters. The molecule has 0 bridgehead atoms. The normalized spacial score (nSPS) is 10.7. The zero-order chi connectivity index (χ0) is 20.9. The Labute approximate surface area is 171 Å². The van der Waals surface area contributed by atoms with Crippen molar-refractivity contribution in [2.45, 2.75) is 6.54 Å². The number of phenolic OH excluding ortho intramolecular Hbond substituents is 1. The van der Waals surface area contributed by atoms with Crippen LogP contribution in [0, 0.1) is 0 Å². The molecule has 0 radical (unpaired) electrons. The molecule has 1 amide bonds. The van der Waals surface area contributed by atoms with Crippen molar-refractivity contribution in [1.82, 2.24) is 10.3 Å². The van der Waals surface area contributed by atoms with Crippen LogP contribution in [0.25, 0.3) is 22.3 Å². The number of carbonyl (C=O) groups excluding carboxylic acids is 1. The third-order valence-electron chi connectivity index (χ3n) is 4.45. The Hall–Kier alpha value is -4.13. The minimum Gasteiger partial charge on any atom is -0.507 e. The van der Waals surface area contributed by atoms with Crippen molar-refractivity contribution < 1.29 is 19.1 Å². The average Bonchev–Trinajstić information content (AvgIpc) is 2.77. The van der Waals surface area contributed by atoms with E-state index in [4.69, 9.17) is 9.15 Å². The summed E-state index contributed by atoms with van der Waals surface area (Å²) in [6.07, 6.45) is 3.29. The molecule has 30 heavy (non-hydrogen) atoms. The van der Waals surface area contributed by atoms with Crippen LogP contribution in [0.2, 0.25) is 0 Å². The second-order valence-electron chi connectivity index (χ2n) is 6.58. The lowest BCUT2D eigenvalue weighted by atomic mass is 10.1. The molecule has 4 rings (SSSR count). The van der Waals surface area contributed by atoms with E-state index in [0.717, 1.165) is 11.1 Å². The van der Waals surface area contributed by atoms with Crippen molar-refractivity contribution in [3.63, 3.8) is 0 Å². The Bertz CT molecular complexity index is 1240. The summed E-state index contributed by atoms with van der Waals surface area (Å²) in [7, 11) is 0. The molecule has 2 heterocycles. The Balaban J connectivity index is 1.51. The van der Waals surface area contributed by atoms with Gasteiger partial charge in [0.25, 0.3) is 5.91 Å². The van der Waals surface area contributed by atoms with Gasteiger partial charge in [-0.3, -0.25) is 14.6 Å². The van der Waals surface area contributed by atoms with Crippen LogP contribution in [0.5, 0.6) is 11.5 Å². The number of aromatic nitrogens is 1. The molecule has 2 N–H and O–H groups in total. The number of carbonyl (C=O) groups is 1. The minimum atomic E-state index is -0.366. The number of pyridine rings is 1. The Morgan fingerprint density at radius 3 is 2.60 bits per heavy atom. The molecule has 2 aromatic heterocycles. The van der Waals surface area contributed by atoms with Crippen molar-refractivity contribution in [1.29, 1.82) is 0 Å². The summed E-state index contributed by atoms with van der Waals surface area (Å²) in [6, 6.07) is 16.9. The maximum atomic E-state index is 12.5. The standard InChI is InChI=1S/C23H18N2O5/c26-18-10-17(29-14-22(28)25-13-15-6-8-24-9-7-15)11-21-23(18)19(27)12-20(30-21)16-4-2-1-3-5-16/h1-12,26H,13-14H2,(H,25,28). The van der Waals surface area contributed by atoms with Gasteiger partial charge in [-0.05, 0) is 17.7 Å². The Morgan fingerprint density at radius 1 is 1.07 bits per heavy atom. The third kappa shape index (κ3) is 4.30. The number of ether oxygens (including phenoxy) is 1. The molecule has 0 aliphatic heterocycles. The first kappa shape index (κ1) is 19.2. The Kier molecular flexibility index (Phi) is 5.43. The van der Waals surface area contributed by atoms with Crippen LogP contribution in [0.15, 0.2) is 82.3 Å². The van der Waals surface area contributed by atoms with Gasteiger partial charge in [0, 0.05) is 42.7 Å². The molecule has 0 spiro atoms. The number of fused-ring (bicyclic) bond motifs is 1. The SMILES string of the molecule is O=C(COc1cc(O)c2c(=O)cc(-c3ccccc3)oc2c1)NCc1ccncc1. The van der Waals surface area contributed by atoms with E-state index in [2.05, 4.69) is 10.3 Å². The fourth-order valence-electron chi connectivity index (χ4n) is 2.97. The average molecular weight is 402 g/mol. The summed E-state index contributed by atoms with van der Waals surface area (Å²) < 4.78 is 11.3. The molecule has 0 saturated carbocycles. The van der Waals surface area contributed by atoms with Crippen LogP contribution >= 0.6 is 0 Å². The molecule has 7 nitrogen and oxygen atoms in total. The first-order valence-corrected chi connectivity index (χ1v) is 9.25. The largest absolute Gasteiger partial charge is 0.507 e. The number of nitrogens with zero attached hydrogens (tertiary/aromatic N) is 1. The summed E-state index contributed by atoms with van der Waals surface area (Å²) in [5.41, 5.74) is 1.46. The maximum absolute atomic E-state index is 12.5. The highest BCUT2D eigenvalue weighted by Crippen LogP contribution is 2.31. The molecule has 0 saturated heterocycles. The van der Waals surface area contributed by atoms with Gasteiger partial charge in [-0.2, -0.15) is 0 Å². The molecule has 150 valence electrons. The molecule has 4 aromatic rings. The number of benzene rings is 2. The molecule has 0 atom stereocenters.